The van der Waals surface area contributed by atoms with Gasteiger partial charge in [0.25, 0.3) is 0 Å². The average molecular weight is 243 g/mol. The van der Waals surface area contributed by atoms with Crippen LogP contribution in [0.3, 0.4) is 0 Å². The van der Waals surface area contributed by atoms with E-state index in [0.29, 0.717) is 0 Å². The molecule has 1 rings (SSSR count). The minimum atomic E-state index is -0.374. The largest absolute Gasteiger partial charge is 0.469 e. The number of alkyl carbamates (subject to hydrolysis) is 1. The summed E-state index contributed by atoms with van der Waals surface area (Å²) in [7, 11) is 1.41. The molecule has 1 aliphatic rings. The predicted octanol–water partition coefficient (Wildman–Crippen LogP) is 1.85. The van der Waals surface area contributed by atoms with Crippen LogP contribution in [0, 0.1) is 5.92 Å². The van der Waals surface area contributed by atoms with E-state index in [1.807, 2.05) is 13.8 Å². The maximum Gasteiger partial charge on any atom is 0.407 e. The fourth-order valence-electron chi connectivity index (χ4n) is 2.05. The molecule has 0 heterocycles. The van der Waals surface area contributed by atoms with Gasteiger partial charge < -0.3 is 14.8 Å². The van der Waals surface area contributed by atoms with E-state index >= 15 is 0 Å². The highest BCUT2D eigenvalue weighted by Gasteiger charge is 2.27. The minimum Gasteiger partial charge on any atom is -0.469 e. The standard InChI is InChI=1S/C12H21NO4/c1-8(2)17-12(15)13-10-6-4-9(5-7-10)11(14)16-3/h8-10H,4-7H2,1-3H3,(H,13,15). The lowest BCUT2D eigenvalue weighted by atomic mass is 9.86. The summed E-state index contributed by atoms with van der Waals surface area (Å²) in [4.78, 5) is 22.7. The van der Waals surface area contributed by atoms with Crippen LogP contribution in [0.15, 0.2) is 0 Å². The van der Waals surface area contributed by atoms with Crippen molar-refractivity contribution < 1.29 is 19.1 Å². The molecule has 0 spiro atoms. The van der Waals surface area contributed by atoms with E-state index in [0.717, 1.165) is 25.7 Å². The van der Waals surface area contributed by atoms with Crippen LogP contribution in [0.1, 0.15) is 39.5 Å². The number of carbonyl (C=O) groups excluding carboxylic acids is 2. The molecule has 0 atom stereocenters. The summed E-state index contributed by atoms with van der Waals surface area (Å²) in [6.07, 6.45) is 2.64. The summed E-state index contributed by atoms with van der Waals surface area (Å²) in [5.74, 6) is -0.160. The van der Waals surface area contributed by atoms with E-state index in [2.05, 4.69) is 5.32 Å². The summed E-state index contributed by atoms with van der Waals surface area (Å²) >= 11 is 0. The van der Waals surface area contributed by atoms with Crippen LogP contribution in [-0.2, 0) is 14.3 Å². The van der Waals surface area contributed by atoms with Crippen molar-refractivity contribution in [1.29, 1.82) is 0 Å². The first-order chi connectivity index (χ1) is 8.02. The van der Waals surface area contributed by atoms with Gasteiger partial charge >= 0.3 is 12.1 Å². The van der Waals surface area contributed by atoms with E-state index in [9.17, 15) is 9.59 Å². The van der Waals surface area contributed by atoms with Gasteiger partial charge in [-0.2, -0.15) is 0 Å². The average Bonchev–Trinajstić information content (AvgIpc) is 2.28. The van der Waals surface area contributed by atoms with Gasteiger partial charge in [-0.1, -0.05) is 0 Å². The Balaban J connectivity index is 2.27. The topological polar surface area (TPSA) is 64.6 Å². The van der Waals surface area contributed by atoms with Crippen molar-refractivity contribution in [2.45, 2.75) is 51.7 Å². The lowest BCUT2D eigenvalue weighted by molar-refractivity contribution is -0.146. The molecule has 0 aliphatic heterocycles. The zero-order valence-electron chi connectivity index (χ0n) is 10.7. The molecule has 0 bridgehead atoms. The summed E-state index contributed by atoms with van der Waals surface area (Å²) < 4.78 is 9.71. The molecule has 17 heavy (non-hydrogen) atoms. The molecule has 0 aromatic carbocycles. The smallest absolute Gasteiger partial charge is 0.407 e. The normalized spacial score (nSPS) is 24.2. The molecule has 1 saturated carbocycles. The Morgan fingerprint density at radius 2 is 1.76 bits per heavy atom. The fourth-order valence-corrected chi connectivity index (χ4v) is 2.05. The Bertz CT molecular complexity index is 270. The van der Waals surface area contributed by atoms with Crippen molar-refractivity contribution in [3.8, 4) is 0 Å². The monoisotopic (exact) mass is 243 g/mol. The second-order valence-corrected chi connectivity index (χ2v) is 4.67. The first kappa shape index (κ1) is 13.8. The summed E-state index contributed by atoms with van der Waals surface area (Å²) in [5, 5.41) is 2.81. The van der Waals surface area contributed by atoms with Gasteiger partial charge in [-0.05, 0) is 39.5 Å². The highest BCUT2D eigenvalue weighted by Crippen LogP contribution is 2.25. The van der Waals surface area contributed by atoms with Gasteiger partial charge in [0.1, 0.15) is 0 Å². The molecule has 98 valence electrons. The van der Waals surface area contributed by atoms with Crippen molar-refractivity contribution in [3.63, 3.8) is 0 Å². The molecular weight excluding hydrogens is 222 g/mol. The SMILES string of the molecule is COC(=O)C1CCC(NC(=O)OC(C)C)CC1. The number of hydrogen-bond donors (Lipinski definition) is 1. The Kier molecular flexibility index (Phi) is 5.25. The summed E-state index contributed by atoms with van der Waals surface area (Å²) in [6.45, 7) is 3.63. The first-order valence-corrected chi connectivity index (χ1v) is 6.08. The van der Waals surface area contributed by atoms with Crippen LogP contribution in [-0.4, -0.2) is 31.3 Å². The van der Waals surface area contributed by atoms with Gasteiger partial charge in [-0.3, -0.25) is 4.79 Å². The third-order valence-electron chi connectivity index (χ3n) is 2.93. The molecule has 0 radical (unpaired) electrons. The number of ether oxygens (including phenoxy) is 2. The lowest BCUT2D eigenvalue weighted by Crippen LogP contribution is -2.39. The van der Waals surface area contributed by atoms with Crippen LogP contribution in [0.4, 0.5) is 4.79 Å². The van der Waals surface area contributed by atoms with E-state index in [1.165, 1.54) is 7.11 Å². The molecule has 1 aliphatic carbocycles. The molecular formula is C12H21NO4. The van der Waals surface area contributed by atoms with Crippen molar-refractivity contribution in [2.24, 2.45) is 5.92 Å². The molecule has 1 N–H and O–H groups in total. The molecule has 0 unspecified atom stereocenters. The van der Waals surface area contributed by atoms with Crippen molar-refractivity contribution in [1.82, 2.24) is 5.32 Å². The Morgan fingerprint density at radius 3 is 2.24 bits per heavy atom. The molecule has 0 saturated heterocycles. The number of rotatable bonds is 3. The lowest BCUT2D eigenvalue weighted by Gasteiger charge is -2.27. The summed E-state index contributed by atoms with van der Waals surface area (Å²) in [5.41, 5.74) is 0. The molecule has 1 fully saturated rings. The van der Waals surface area contributed by atoms with E-state index in [1.54, 1.807) is 0 Å². The van der Waals surface area contributed by atoms with Crippen molar-refractivity contribution >= 4 is 12.1 Å². The zero-order chi connectivity index (χ0) is 12.8. The van der Waals surface area contributed by atoms with Crippen LogP contribution in [0.5, 0.6) is 0 Å². The Hall–Kier alpha value is -1.26. The van der Waals surface area contributed by atoms with Gasteiger partial charge in [0.05, 0.1) is 19.1 Å². The number of methoxy groups -OCH3 is 1. The Labute approximate surface area is 102 Å². The molecule has 0 aromatic heterocycles. The third-order valence-corrected chi connectivity index (χ3v) is 2.93. The zero-order valence-corrected chi connectivity index (χ0v) is 10.7. The summed E-state index contributed by atoms with van der Waals surface area (Å²) in [6, 6.07) is 0.113. The second kappa shape index (κ2) is 6.47. The molecule has 0 aromatic rings. The van der Waals surface area contributed by atoms with Gasteiger partial charge in [-0.15, -0.1) is 0 Å². The van der Waals surface area contributed by atoms with E-state index in [-0.39, 0.29) is 30.1 Å². The molecule has 5 nitrogen and oxygen atoms in total. The van der Waals surface area contributed by atoms with Crippen LogP contribution >= 0.6 is 0 Å². The van der Waals surface area contributed by atoms with E-state index < -0.39 is 0 Å². The van der Waals surface area contributed by atoms with Crippen molar-refractivity contribution in [2.75, 3.05) is 7.11 Å². The molecule has 1 amide bonds. The highest BCUT2D eigenvalue weighted by molar-refractivity contribution is 5.72. The third kappa shape index (κ3) is 4.63. The van der Waals surface area contributed by atoms with Gasteiger partial charge in [0.2, 0.25) is 0 Å². The number of esters is 1. The van der Waals surface area contributed by atoms with E-state index in [4.69, 9.17) is 9.47 Å². The van der Waals surface area contributed by atoms with Gasteiger partial charge in [0.15, 0.2) is 0 Å². The number of amides is 1. The maximum atomic E-state index is 11.4. The maximum absolute atomic E-state index is 11.4. The predicted molar refractivity (Wildman–Crippen MR) is 62.5 cm³/mol. The minimum absolute atomic E-state index is 0.0147. The highest BCUT2D eigenvalue weighted by atomic mass is 16.6. The number of hydrogen-bond acceptors (Lipinski definition) is 4. The number of nitrogens with one attached hydrogen (secondary N) is 1. The first-order valence-electron chi connectivity index (χ1n) is 6.08. The van der Waals surface area contributed by atoms with Crippen LogP contribution in [0.2, 0.25) is 0 Å². The van der Waals surface area contributed by atoms with Crippen LogP contribution < -0.4 is 5.32 Å². The number of carbonyl (C=O) groups is 2. The quantitative estimate of drug-likeness (QED) is 0.768. The van der Waals surface area contributed by atoms with Crippen molar-refractivity contribution in [3.05, 3.63) is 0 Å². The Morgan fingerprint density at radius 1 is 1.18 bits per heavy atom. The van der Waals surface area contributed by atoms with Gasteiger partial charge in [0, 0.05) is 6.04 Å². The van der Waals surface area contributed by atoms with Crippen LogP contribution in [0.25, 0.3) is 0 Å². The van der Waals surface area contributed by atoms with Gasteiger partial charge in [-0.25, -0.2) is 4.79 Å². The second-order valence-electron chi connectivity index (χ2n) is 4.67. The fraction of sp³-hybridized carbons (Fsp3) is 0.833. The molecule has 5 heteroatoms.